The number of nitrogens with one attached hydrogen (secondary N) is 1. The minimum Gasteiger partial charge on any atom is -0.303 e. The van der Waals surface area contributed by atoms with Crippen LogP contribution in [0, 0.1) is 13.8 Å². The van der Waals surface area contributed by atoms with Gasteiger partial charge in [-0.15, -0.1) is 11.3 Å². The molecule has 0 aliphatic carbocycles. The predicted octanol–water partition coefficient (Wildman–Crippen LogP) is 1.99. The molecule has 1 fully saturated rings. The second kappa shape index (κ2) is 4.58. The van der Waals surface area contributed by atoms with E-state index in [0.29, 0.717) is 12.2 Å². The van der Waals surface area contributed by atoms with E-state index in [-0.39, 0.29) is 17.3 Å². The van der Waals surface area contributed by atoms with Crippen molar-refractivity contribution < 1.29 is 8.42 Å². The van der Waals surface area contributed by atoms with Gasteiger partial charge in [0, 0.05) is 16.5 Å². The normalized spacial score (nSPS) is 28.4. The van der Waals surface area contributed by atoms with Crippen molar-refractivity contribution in [3.05, 3.63) is 15.6 Å². The molecular formula is C12H20N2O2S2. The van der Waals surface area contributed by atoms with E-state index in [1.54, 1.807) is 11.3 Å². The summed E-state index contributed by atoms with van der Waals surface area (Å²) >= 11 is 1.68. The first-order valence-electron chi connectivity index (χ1n) is 6.13. The fourth-order valence-electron chi connectivity index (χ4n) is 2.66. The lowest BCUT2D eigenvalue weighted by atomic mass is 10.0. The molecule has 0 spiro atoms. The van der Waals surface area contributed by atoms with Crippen molar-refractivity contribution in [2.45, 2.75) is 45.7 Å². The Morgan fingerprint density at radius 1 is 1.44 bits per heavy atom. The second-order valence-electron chi connectivity index (χ2n) is 5.45. The molecule has 6 heteroatoms. The number of aryl methyl sites for hydroxylation is 2. The van der Waals surface area contributed by atoms with Crippen LogP contribution in [0.4, 0.5) is 0 Å². The van der Waals surface area contributed by atoms with Crippen LogP contribution in [0.25, 0.3) is 0 Å². The maximum Gasteiger partial charge on any atom is 0.152 e. The van der Waals surface area contributed by atoms with Crippen LogP contribution < -0.4 is 5.32 Å². The van der Waals surface area contributed by atoms with Crippen LogP contribution in [0.2, 0.25) is 0 Å². The Labute approximate surface area is 113 Å². The summed E-state index contributed by atoms with van der Waals surface area (Å²) in [6.45, 7) is 8.08. The molecule has 0 bridgehead atoms. The topological polar surface area (TPSA) is 59.1 Å². The molecule has 1 N–H and O–H groups in total. The molecule has 0 amide bonds. The van der Waals surface area contributed by atoms with Gasteiger partial charge in [0.05, 0.1) is 22.2 Å². The van der Waals surface area contributed by atoms with Crippen LogP contribution in [0.15, 0.2) is 0 Å². The zero-order valence-electron chi connectivity index (χ0n) is 11.3. The van der Waals surface area contributed by atoms with Crippen molar-refractivity contribution in [2.75, 3.05) is 11.5 Å². The monoisotopic (exact) mass is 288 g/mol. The Hall–Kier alpha value is -0.460. The maximum atomic E-state index is 11.6. The van der Waals surface area contributed by atoms with Crippen molar-refractivity contribution in [1.82, 2.24) is 10.3 Å². The smallest absolute Gasteiger partial charge is 0.152 e. The SMILES string of the molecule is Cc1nc(C)c(C(C)NC2(C)CCS(=O)(=O)C2)s1. The summed E-state index contributed by atoms with van der Waals surface area (Å²) in [4.78, 5) is 5.62. The standard InChI is InChI=1S/C12H20N2O2S2/c1-8-11(17-10(3)13-8)9(2)14-12(4)5-6-18(15,16)7-12/h9,14H,5-7H2,1-4H3. The third-order valence-corrected chi connectivity index (χ3v) is 6.56. The zero-order chi connectivity index (χ0) is 13.6. The van der Waals surface area contributed by atoms with Crippen LogP contribution >= 0.6 is 11.3 Å². The molecule has 2 rings (SSSR count). The van der Waals surface area contributed by atoms with Gasteiger partial charge in [-0.3, -0.25) is 0 Å². The molecule has 1 aliphatic rings. The maximum absolute atomic E-state index is 11.6. The van der Waals surface area contributed by atoms with Gasteiger partial charge >= 0.3 is 0 Å². The molecular weight excluding hydrogens is 268 g/mol. The largest absolute Gasteiger partial charge is 0.303 e. The van der Waals surface area contributed by atoms with Crippen LogP contribution in [0.1, 0.15) is 41.9 Å². The second-order valence-corrected chi connectivity index (χ2v) is 8.87. The minimum atomic E-state index is -2.86. The highest BCUT2D eigenvalue weighted by Crippen LogP contribution is 2.30. The average Bonchev–Trinajstić information content (AvgIpc) is 2.67. The van der Waals surface area contributed by atoms with E-state index < -0.39 is 9.84 Å². The summed E-state index contributed by atoms with van der Waals surface area (Å²) in [6, 6.07) is 0.148. The molecule has 102 valence electrons. The summed E-state index contributed by atoms with van der Waals surface area (Å²) in [5.74, 6) is 0.533. The summed E-state index contributed by atoms with van der Waals surface area (Å²) < 4.78 is 23.2. The van der Waals surface area contributed by atoms with Gasteiger partial charge in [0.2, 0.25) is 0 Å². The first kappa shape index (κ1) is 14.0. The number of aromatic nitrogens is 1. The fourth-order valence-corrected chi connectivity index (χ4v) is 5.70. The molecule has 1 aliphatic heterocycles. The van der Waals surface area contributed by atoms with E-state index in [1.165, 1.54) is 4.88 Å². The van der Waals surface area contributed by atoms with Gasteiger partial charge in [-0.1, -0.05) is 0 Å². The van der Waals surface area contributed by atoms with Crippen molar-refractivity contribution in [3.8, 4) is 0 Å². The molecule has 0 radical (unpaired) electrons. The Morgan fingerprint density at radius 3 is 2.56 bits per heavy atom. The predicted molar refractivity (Wildman–Crippen MR) is 74.8 cm³/mol. The third-order valence-electron chi connectivity index (χ3n) is 3.40. The van der Waals surface area contributed by atoms with Crippen molar-refractivity contribution in [2.24, 2.45) is 0 Å². The van der Waals surface area contributed by atoms with E-state index >= 15 is 0 Å². The van der Waals surface area contributed by atoms with E-state index in [9.17, 15) is 8.42 Å². The van der Waals surface area contributed by atoms with Crippen molar-refractivity contribution in [1.29, 1.82) is 0 Å². The number of thiazole rings is 1. The summed E-state index contributed by atoms with van der Waals surface area (Å²) in [5, 5.41) is 4.53. The lowest BCUT2D eigenvalue weighted by Crippen LogP contribution is -2.44. The van der Waals surface area contributed by atoms with Gasteiger partial charge < -0.3 is 5.32 Å². The highest BCUT2D eigenvalue weighted by molar-refractivity contribution is 7.91. The molecule has 4 nitrogen and oxygen atoms in total. The Morgan fingerprint density at radius 2 is 2.11 bits per heavy atom. The van der Waals surface area contributed by atoms with Gasteiger partial charge in [-0.2, -0.15) is 0 Å². The van der Waals surface area contributed by atoms with Gasteiger partial charge in [0.25, 0.3) is 0 Å². The Kier molecular flexibility index (Phi) is 3.55. The number of hydrogen-bond acceptors (Lipinski definition) is 5. The molecule has 0 aromatic carbocycles. The molecule has 2 atom stereocenters. The Bertz CT molecular complexity index is 550. The number of sulfone groups is 1. The van der Waals surface area contributed by atoms with Crippen LogP contribution in [0.3, 0.4) is 0 Å². The van der Waals surface area contributed by atoms with E-state index in [1.807, 2.05) is 20.8 Å². The lowest BCUT2D eigenvalue weighted by molar-refractivity contribution is 0.357. The van der Waals surface area contributed by atoms with Crippen molar-refractivity contribution in [3.63, 3.8) is 0 Å². The van der Waals surface area contributed by atoms with E-state index in [4.69, 9.17) is 0 Å². The first-order valence-corrected chi connectivity index (χ1v) is 8.77. The quantitative estimate of drug-likeness (QED) is 0.924. The molecule has 1 saturated heterocycles. The first-order chi connectivity index (χ1) is 8.21. The number of nitrogens with zero attached hydrogens (tertiary/aromatic N) is 1. The lowest BCUT2D eigenvalue weighted by Gasteiger charge is -2.28. The van der Waals surface area contributed by atoms with Gasteiger partial charge in [0.1, 0.15) is 0 Å². The fraction of sp³-hybridized carbons (Fsp3) is 0.750. The van der Waals surface area contributed by atoms with Crippen molar-refractivity contribution >= 4 is 21.2 Å². The molecule has 2 unspecified atom stereocenters. The molecule has 18 heavy (non-hydrogen) atoms. The number of hydrogen-bond donors (Lipinski definition) is 1. The number of rotatable bonds is 3. The van der Waals surface area contributed by atoms with Crippen LogP contribution in [-0.2, 0) is 9.84 Å². The molecule has 1 aromatic rings. The summed E-state index contributed by atoms with van der Waals surface area (Å²) in [6.07, 6.45) is 0.691. The van der Waals surface area contributed by atoms with Gasteiger partial charge in [-0.05, 0) is 34.1 Å². The van der Waals surface area contributed by atoms with E-state index in [0.717, 1.165) is 10.7 Å². The van der Waals surface area contributed by atoms with Gasteiger partial charge in [0.15, 0.2) is 9.84 Å². The van der Waals surface area contributed by atoms with Crippen LogP contribution in [0.5, 0.6) is 0 Å². The van der Waals surface area contributed by atoms with Crippen LogP contribution in [-0.4, -0.2) is 30.4 Å². The average molecular weight is 288 g/mol. The zero-order valence-corrected chi connectivity index (χ0v) is 12.9. The third kappa shape index (κ3) is 2.92. The molecule has 2 heterocycles. The molecule has 0 saturated carbocycles. The summed E-state index contributed by atoms with van der Waals surface area (Å²) in [5.41, 5.74) is 0.740. The summed E-state index contributed by atoms with van der Waals surface area (Å²) in [7, 11) is -2.86. The van der Waals surface area contributed by atoms with Gasteiger partial charge in [-0.25, -0.2) is 13.4 Å². The minimum absolute atomic E-state index is 0.148. The Balaban J connectivity index is 2.13. The van der Waals surface area contributed by atoms with E-state index in [2.05, 4.69) is 17.2 Å². The molecule has 1 aromatic heterocycles. The highest BCUT2D eigenvalue weighted by Gasteiger charge is 2.39. The highest BCUT2D eigenvalue weighted by atomic mass is 32.2.